The SMILES string of the molecule is CN(C(=S)Nc1ccccc1)c1cccc(C#N)c1. The van der Waals surface area contributed by atoms with Crippen LogP contribution in [0.1, 0.15) is 5.56 Å². The Labute approximate surface area is 118 Å². The quantitative estimate of drug-likeness (QED) is 0.847. The maximum absolute atomic E-state index is 8.90. The van der Waals surface area contributed by atoms with Crippen molar-refractivity contribution in [2.45, 2.75) is 0 Å². The highest BCUT2D eigenvalue weighted by Crippen LogP contribution is 2.16. The van der Waals surface area contributed by atoms with Crippen molar-refractivity contribution in [3.05, 3.63) is 60.2 Å². The highest BCUT2D eigenvalue weighted by molar-refractivity contribution is 7.80. The van der Waals surface area contributed by atoms with Gasteiger partial charge in [-0.2, -0.15) is 5.26 Å². The molecule has 4 heteroatoms. The molecule has 0 saturated carbocycles. The second-order valence-corrected chi connectivity index (χ2v) is 4.40. The monoisotopic (exact) mass is 267 g/mol. The zero-order chi connectivity index (χ0) is 13.7. The van der Waals surface area contributed by atoms with Crippen molar-refractivity contribution >= 4 is 28.7 Å². The van der Waals surface area contributed by atoms with Crippen LogP contribution in [0.2, 0.25) is 0 Å². The third-order valence-corrected chi connectivity index (χ3v) is 3.07. The van der Waals surface area contributed by atoms with Crippen LogP contribution in [0.5, 0.6) is 0 Å². The maximum Gasteiger partial charge on any atom is 0.177 e. The third-order valence-electron chi connectivity index (χ3n) is 2.69. The molecule has 2 aromatic rings. The van der Waals surface area contributed by atoms with Crippen LogP contribution in [0, 0.1) is 11.3 Å². The first-order valence-corrected chi connectivity index (χ1v) is 6.21. The third kappa shape index (κ3) is 3.30. The molecule has 0 atom stereocenters. The van der Waals surface area contributed by atoms with E-state index in [0.717, 1.165) is 11.4 Å². The van der Waals surface area contributed by atoms with Gasteiger partial charge in [0.15, 0.2) is 5.11 Å². The van der Waals surface area contributed by atoms with E-state index in [1.807, 2.05) is 54.4 Å². The number of hydrogen-bond acceptors (Lipinski definition) is 2. The summed E-state index contributed by atoms with van der Waals surface area (Å²) in [6, 6.07) is 19.2. The van der Waals surface area contributed by atoms with E-state index in [1.165, 1.54) is 0 Å². The molecule has 0 spiro atoms. The number of rotatable bonds is 2. The van der Waals surface area contributed by atoms with E-state index in [0.29, 0.717) is 10.7 Å². The highest BCUT2D eigenvalue weighted by Gasteiger charge is 2.07. The number of para-hydroxylation sites is 1. The summed E-state index contributed by atoms with van der Waals surface area (Å²) in [5, 5.41) is 12.6. The minimum atomic E-state index is 0.585. The number of nitriles is 1. The standard InChI is InChI=1S/C15H13N3S/c1-18(14-9-5-6-12(10-14)11-16)15(19)17-13-7-3-2-4-8-13/h2-10H,1H3,(H,17,19). The summed E-state index contributed by atoms with van der Waals surface area (Å²) in [6.07, 6.45) is 0. The predicted molar refractivity (Wildman–Crippen MR) is 82.2 cm³/mol. The summed E-state index contributed by atoms with van der Waals surface area (Å²) in [4.78, 5) is 1.84. The molecule has 0 aliphatic heterocycles. The largest absolute Gasteiger partial charge is 0.332 e. The lowest BCUT2D eigenvalue weighted by Gasteiger charge is -2.21. The van der Waals surface area contributed by atoms with Crippen LogP contribution in [0.25, 0.3) is 0 Å². The fraction of sp³-hybridized carbons (Fsp3) is 0.0667. The summed E-state index contributed by atoms with van der Waals surface area (Å²) < 4.78 is 0. The smallest absolute Gasteiger partial charge is 0.177 e. The van der Waals surface area contributed by atoms with E-state index < -0.39 is 0 Å². The average molecular weight is 267 g/mol. The first-order chi connectivity index (χ1) is 9.20. The van der Waals surface area contributed by atoms with E-state index in [2.05, 4.69) is 11.4 Å². The molecule has 2 rings (SSSR count). The van der Waals surface area contributed by atoms with E-state index >= 15 is 0 Å². The van der Waals surface area contributed by atoms with Gasteiger partial charge in [-0.25, -0.2) is 0 Å². The van der Waals surface area contributed by atoms with Gasteiger partial charge < -0.3 is 10.2 Å². The molecule has 0 amide bonds. The number of anilines is 2. The van der Waals surface area contributed by atoms with Crippen molar-refractivity contribution < 1.29 is 0 Å². The molecule has 0 radical (unpaired) electrons. The molecule has 0 unspecified atom stereocenters. The second-order valence-electron chi connectivity index (χ2n) is 4.02. The Morgan fingerprint density at radius 2 is 1.89 bits per heavy atom. The van der Waals surface area contributed by atoms with Gasteiger partial charge >= 0.3 is 0 Å². The Kier molecular flexibility index (Phi) is 4.11. The second kappa shape index (κ2) is 5.98. The zero-order valence-corrected chi connectivity index (χ0v) is 11.3. The first kappa shape index (κ1) is 13.1. The minimum absolute atomic E-state index is 0.585. The van der Waals surface area contributed by atoms with Gasteiger partial charge in [-0.05, 0) is 42.5 Å². The molecule has 19 heavy (non-hydrogen) atoms. The van der Waals surface area contributed by atoms with Crippen LogP contribution in [0.3, 0.4) is 0 Å². The molecule has 0 heterocycles. The Morgan fingerprint density at radius 1 is 1.16 bits per heavy atom. The average Bonchev–Trinajstić information content (AvgIpc) is 2.47. The summed E-state index contributed by atoms with van der Waals surface area (Å²) >= 11 is 5.35. The van der Waals surface area contributed by atoms with E-state index in [9.17, 15) is 0 Å². The lowest BCUT2D eigenvalue weighted by Crippen LogP contribution is -2.30. The minimum Gasteiger partial charge on any atom is -0.332 e. The molecule has 1 N–H and O–H groups in total. The Hall–Kier alpha value is -2.38. The van der Waals surface area contributed by atoms with Gasteiger partial charge in [0.2, 0.25) is 0 Å². The van der Waals surface area contributed by atoms with Crippen LogP contribution in [0.4, 0.5) is 11.4 Å². The van der Waals surface area contributed by atoms with Gasteiger partial charge in [-0.1, -0.05) is 24.3 Å². The maximum atomic E-state index is 8.90. The molecule has 0 bridgehead atoms. The molecule has 0 aliphatic rings. The molecular formula is C15H13N3S. The zero-order valence-electron chi connectivity index (χ0n) is 10.5. The number of benzene rings is 2. The predicted octanol–water partition coefficient (Wildman–Crippen LogP) is 3.39. The number of hydrogen-bond donors (Lipinski definition) is 1. The van der Waals surface area contributed by atoms with Crippen LogP contribution < -0.4 is 10.2 Å². The van der Waals surface area contributed by atoms with Gasteiger partial charge in [-0.15, -0.1) is 0 Å². The number of nitrogens with zero attached hydrogens (tertiary/aromatic N) is 2. The van der Waals surface area contributed by atoms with Crippen LogP contribution in [-0.4, -0.2) is 12.2 Å². The number of nitrogens with one attached hydrogen (secondary N) is 1. The first-order valence-electron chi connectivity index (χ1n) is 5.80. The fourth-order valence-corrected chi connectivity index (χ4v) is 1.85. The summed E-state index contributed by atoms with van der Waals surface area (Å²) in [5.74, 6) is 0. The van der Waals surface area contributed by atoms with E-state index in [4.69, 9.17) is 17.5 Å². The van der Waals surface area contributed by atoms with Crippen molar-refractivity contribution in [3.8, 4) is 6.07 Å². The fourth-order valence-electron chi connectivity index (χ4n) is 1.63. The highest BCUT2D eigenvalue weighted by atomic mass is 32.1. The summed E-state index contributed by atoms with van der Waals surface area (Å²) in [5.41, 5.74) is 2.44. The van der Waals surface area contributed by atoms with E-state index in [1.54, 1.807) is 12.1 Å². The Bertz CT molecular complexity index is 617. The molecule has 0 saturated heterocycles. The van der Waals surface area contributed by atoms with Gasteiger partial charge in [0.05, 0.1) is 11.6 Å². The van der Waals surface area contributed by atoms with Gasteiger partial charge in [-0.3, -0.25) is 0 Å². The van der Waals surface area contributed by atoms with Crippen LogP contribution >= 0.6 is 12.2 Å². The lowest BCUT2D eigenvalue weighted by molar-refractivity contribution is 1.27. The molecule has 94 valence electrons. The molecule has 3 nitrogen and oxygen atoms in total. The van der Waals surface area contributed by atoms with Crippen molar-refractivity contribution in [2.75, 3.05) is 17.3 Å². The van der Waals surface area contributed by atoms with Crippen molar-refractivity contribution in [1.29, 1.82) is 5.26 Å². The van der Waals surface area contributed by atoms with Gasteiger partial charge in [0.25, 0.3) is 0 Å². The van der Waals surface area contributed by atoms with Gasteiger partial charge in [0.1, 0.15) is 0 Å². The topological polar surface area (TPSA) is 39.1 Å². The molecular weight excluding hydrogens is 254 g/mol. The van der Waals surface area contributed by atoms with Crippen molar-refractivity contribution in [1.82, 2.24) is 0 Å². The van der Waals surface area contributed by atoms with Gasteiger partial charge in [0, 0.05) is 18.4 Å². The van der Waals surface area contributed by atoms with Crippen LogP contribution in [-0.2, 0) is 0 Å². The molecule has 0 aliphatic carbocycles. The normalized spacial score (nSPS) is 9.47. The summed E-state index contributed by atoms with van der Waals surface area (Å²) in [6.45, 7) is 0. The van der Waals surface area contributed by atoms with Crippen LogP contribution in [0.15, 0.2) is 54.6 Å². The Morgan fingerprint density at radius 3 is 2.58 bits per heavy atom. The molecule has 2 aromatic carbocycles. The number of thiocarbonyl (C=S) groups is 1. The molecule has 0 aromatic heterocycles. The Balaban J connectivity index is 2.13. The van der Waals surface area contributed by atoms with E-state index in [-0.39, 0.29) is 0 Å². The van der Waals surface area contributed by atoms with Crippen molar-refractivity contribution in [3.63, 3.8) is 0 Å². The summed E-state index contributed by atoms with van der Waals surface area (Å²) in [7, 11) is 1.87. The molecule has 0 fully saturated rings. The van der Waals surface area contributed by atoms with Crippen molar-refractivity contribution in [2.24, 2.45) is 0 Å². The lowest BCUT2D eigenvalue weighted by atomic mass is 10.2.